The second-order valence-electron chi connectivity index (χ2n) is 6.86. The number of methoxy groups -OCH3 is 1. The van der Waals surface area contributed by atoms with Gasteiger partial charge in [-0.15, -0.1) is 0 Å². The molecule has 136 valence electrons. The maximum atomic E-state index is 12.4. The van der Waals surface area contributed by atoms with E-state index in [1.807, 2.05) is 0 Å². The first-order chi connectivity index (χ1) is 12.5. The average molecular weight is 356 g/mol. The Balaban J connectivity index is 1.57. The fraction of sp³-hybridized carbons (Fsp3) is 0.444. The summed E-state index contributed by atoms with van der Waals surface area (Å²) in [5, 5.41) is 11.0. The Kier molecular flexibility index (Phi) is 4.20. The first-order valence-corrected chi connectivity index (χ1v) is 8.71. The highest BCUT2D eigenvalue weighted by Crippen LogP contribution is 2.38. The Bertz CT molecular complexity index is 920. The molecule has 1 N–H and O–H groups in total. The van der Waals surface area contributed by atoms with E-state index >= 15 is 0 Å². The third-order valence-corrected chi connectivity index (χ3v) is 5.00. The van der Waals surface area contributed by atoms with Crippen LogP contribution in [0.5, 0.6) is 5.75 Å². The molecule has 1 aromatic heterocycles. The molecule has 0 amide bonds. The smallest absolute Gasteiger partial charge is 0.270 e. The van der Waals surface area contributed by atoms with Crippen molar-refractivity contribution < 1.29 is 9.66 Å². The molecule has 0 bridgehead atoms. The highest BCUT2D eigenvalue weighted by atomic mass is 16.6. The fourth-order valence-electron chi connectivity index (χ4n) is 3.43. The minimum atomic E-state index is -0.414. The van der Waals surface area contributed by atoms with Crippen LogP contribution >= 0.6 is 0 Å². The highest BCUT2D eigenvalue weighted by molar-refractivity contribution is 5.44. The van der Waals surface area contributed by atoms with E-state index in [9.17, 15) is 14.9 Å². The molecule has 1 fully saturated rings. The number of aromatic amines is 1. The van der Waals surface area contributed by atoms with Gasteiger partial charge in [0.1, 0.15) is 11.6 Å². The molecule has 8 heteroatoms. The van der Waals surface area contributed by atoms with Crippen molar-refractivity contribution in [1.82, 2.24) is 14.9 Å². The molecule has 26 heavy (non-hydrogen) atoms. The Labute approximate surface area is 150 Å². The number of non-ortho nitro benzene ring substituents is 1. The van der Waals surface area contributed by atoms with Gasteiger partial charge in [-0.3, -0.25) is 19.8 Å². The molecule has 0 spiro atoms. The molecule has 2 aromatic rings. The van der Waals surface area contributed by atoms with Crippen molar-refractivity contribution in [2.24, 2.45) is 0 Å². The summed E-state index contributed by atoms with van der Waals surface area (Å²) >= 11 is 0. The second-order valence-corrected chi connectivity index (χ2v) is 6.86. The number of aromatic nitrogens is 2. The zero-order valence-corrected chi connectivity index (χ0v) is 14.5. The highest BCUT2D eigenvalue weighted by Gasteiger charge is 2.29. The molecule has 2 aliphatic rings. The van der Waals surface area contributed by atoms with Crippen molar-refractivity contribution in [2.75, 3.05) is 13.7 Å². The third kappa shape index (κ3) is 3.20. The molecule has 0 atom stereocenters. The molecule has 2 heterocycles. The first kappa shape index (κ1) is 16.7. The van der Waals surface area contributed by atoms with E-state index in [2.05, 4.69) is 14.9 Å². The van der Waals surface area contributed by atoms with Crippen molar-refractivity contribution >= 4 is 5.69 Å². The number of fused-ring (bicyclic) bond motifs is 1. The van der Waals surface area contributed by atoms with Crippen molar-refractivity contribution in [1.29, 1.82) is 0 Å². The van der Waals surface area contributed by atoms with Crippen LogP contribution in [0.3, 0.4) is 0 Å². The molecule has 1 saturated carbocycles. The van der Waals surface area contributed by atoms with Gasteiger partial charge < -0.3 is 9.72 Å². The molecule has 4 rings (SSSR count). The lowest BCUT2D eigenvalue weighted by molar-refractivity contribution is -0.385. The molecular weight excluding hydrogens is 336 g/mol. The second kappa shape index (κ2) is 6.53. The molecule has 0 radical (unpaired) electrons. The predicted octanol–water partition coefficient (Wildman–Crippen LogP) is 2.12. The van der Waals surface area contributed by atoms with Crippen LogP contribution in [0.1, 0.15) is 41.4 Å². The van der Waals surface area contributed by atoms with Gasteiger partial charge in [-0.2, -0.15) is 0 Å². The molecule has 0 unspecified atom stereocenters. The maximum absolute atomic E-state index is 12.4. The van der Waals surface area contributed by atoms with Gasteiger partial charge in [0.05, 0.1) is 23.3 Å². The summed E-state index contributed by atoms with van der Waals surface area (Å²) in [6, 6.07) is 4.58. The van der Waals surface area contributed by atoms with Crippen LogP contribution in [-0.4, -0.2) is 33.4 Å². The van der Waals surface area contributed by atoms with Crippen molar-refractivity contribution in [3.63, 3.8) is 0 Å². The third-order valence-electron chi connectivity index (χ3n) is 5.00. The molecule has 8 nitrogen and oxygen atoms in total. The summed E-state index contributed by atoms with van der Waals surface area (Å²) in [7, 11) is 1.55. The number of hydrogen-bond donors (Lipinski definition) is 1. The number of benzene rings is 1. The monoisotopic (exact) mass is 356 g/mol. The quantitative estimate of drug-likeness (QED) is 0.650. The number of nitrogens with one attached hydrogen (secondary N) is 1. The molecule has 1 aliphatic carbocycles. The average Bonchev–Trinajstić information content (AvgIpc) is 3.47. The van der Waals surface area contributed by atoms with E-state index in [0.29, 0.717) is 36.7 Å². The Morgan fingerprint density at radius 1 is 1.42 bits per heavy atom. The van der Waals surface area contributed by atoms with E-state index in [-0.39, 0.29) is 11.2 Å². The van der Waals surface area contributed by atoms with Crippen LogP contribution in [0.2, 0.25) is 0 Å². The minimum absolute atomic E-state index is 0.0341. The van der Waals surface area contributed by atoms with Crippen LogP contribution in [0, 0.1) is 10.1 Å². The summed E-state index contributed by atoms with van der Waals surface area (Å²) < 4.78 is 5.33. The van der Waals surface area contributed by atoms with E-state index in [1.54, 1.807) is 13.2 Å². The summed E-state index contributed by atoms with van der Waals surface area (Å²) in [6.45, 7) is 1.71. The van der Waals surface area contributed by atoms with Gasteiger partial charge >= 0.3 is 0 Å². The van der Waals surface area contributed by atoms with Gasteiger partial charge in [0.2, 0.25) is 0 Å². The number of rotatable bonds is 5. The lowest BCUT2D eigenvalue weighted by atomic mass is 10.1. The number of nitro groups is 1. The lowest BCUT2D eigenvalue weighted by Gasteiger charge is -2.28. The van der Waals surface area contributed by atoms with Gasteiger partial charge in [0, 0.05) is 49.7 Å². The van der Waals surface area contributed by atoms with Crippen molar-refractivity contribution in [2.45, 2.75) is 38.3 Å². The van der Waals surface area contributed by atoms with Crippen molar-refractivity contribution in [3.8, 4) is 5.75 Å². The zero-order chi connectivity index (χ0) is 18.3. The van der Waals surface area contributed by atoms with Gasteiger partial charge in [0.15, 0.2) is 0 Å². The SMILES string of the molecule is COc1ccc([N+](=O)[O-])cc1CN1CCc2nc(C3CC3)[nH]c(=O)c2C1. The van der Waals surface area contributed by atoms with E-state index < -0.39 is 4.92 Å². The Hall–Kier alpha value is -2.74. The minimum Gasteiger partial charge on any atom is -0.496 e. The zero-order valence-electron chi connectivity index (χ0n) is 14.5. The summed E-state index contributed by atoms with van der Waals surface area (Å²) in [4.78, 5) is 32.7. The van der Waals surface area contributed by atoms with E-state index in [0.717, 1.165) is 36.5 Å². The molecule has 0 saturated heterocycles. The summed E-state index contributed by atoms with van der Waals surface area (Å²) in [6.07, 6.45) is 2.90. The van der Waals surface area contributed by atoms with Gasteiger partial charge in [-0.25, -0.2) is 4.98 Å². The van der Waals surface area contributed by atoms with Crippen LogP contribution in [0.25, 0.3) is 0 Å². The number of H-pyrrole nitrogens is 1. The predicted molar refractivity (Wildman–Crippen MR) is 94.3 cm³/mol. The normalized spacial score (nSPS) is 17.0. The first-order valence-electron chi connectivity index (χ1n) is 8.71. The molecule has 1 aromatic carbocycles. The maximum Gasteiger partial charge on any atom is 0.270 e. The van der Waals surface area contributed by atoms with Gasteiger partial charge in [0.25, 0.3) is 11.2 Å². The molecular formula is C18H20N4O4. The number of nitro benzene ring substituents is 1. The number of nitrogens with zero attached hydrogens (tertiary/aromatic N) is 3. The van der Waals surface area contributed by atoms with Crippen LogP contribution in [-0.2, 0) is 19.5 Å². The van der Waals surface area contributed by atoms with Gasteiger partial charge in [-0.05, 0) is 18.9 Å². The molecule has 1 aliphatic heterocycles. The Morgan fingerprint density at radius 3 is 2.92 bits per heavy atom. The topological polar surface area (TPSA) is 101 Å². The Morgan fingerprint density at radius 2 is 2.23 bits per heavy atom. The summed E-state index contributed by atoms with van der Waals surface area (Å²) in [5.74, 6) is 1.85. The van der Waals surface area contributed by atoms with E-state index in [1.165, 1.54) is 12.1 Å². The number of hydrogen-bond acceptors (Lipinski definition) is 6. The fourth-order valence-corrected chi connectivity index (χ4v) is 3.43. The lowest BCUT2D eigenvalue weighted by Crippen LogP contribution is -2.35. The van der Waals surface area contributed by atoms with Crippen LogP contribution < -0.4 is 10.3 Å². The standard InChI is InChI=1S/C18H20N4O4/c1-26-16-5-4-13(22(24)25)8-12(16)9-21-7-6-15-14(10-21)18(23)20-17(19-15)11-2-3-11/h4-5,8,11H,2-3,6-7,9-10H2,1H3,(H,19,20,23). The summed E-state index contributed by atoms with van der Waals surface area (Å²) in [5.41, 5.74) is 2.30. The van der Waals surface area contributed by atoms with Crippen molar-refractivity contribution in [3.05, 3.63) is 61.3 Å². The van der Waals surface area contributed by atoms with E-state index in [4.69, 9.17) is 4.74 Å². The number of ether oxygens (including phenoxy) is 1. The largest absolute Gasteiger partial charge is 0.496 e. The van der Waals surface area contributed by atoms with Gasteiger partial charge in [-0.1, -0.05) is 0 Å². The van der Waals surface area contributed by atoms with Crippen LogP contribution in [0.15, 0.2) is 23.0 Å². The van der Waals surface area contributed by atoms with Crippen LogP contribution in [0.4, 0.5) is 5.69 Å².